The van der Waals surface area contributed by atoms with Gasteiger partial charge in [-0.3, -0.25) is 4.79 Å². The van der Waals surface area contributed by atoms with Gasteiger partial charge >= 0.3 is 5.97 Å². The number of nitrogens with zero attached hydrogens (tertiary/aromatic N) is 1. The number of para-hydroxylation sites is 1. The predicted molar refractivity (Wildman–Crippen MR) is 87.7 cm³/mol. The van der Waals surface area contributed by atoms with E-state index in [1.807, 2.05) is 25.1 Å². The molecular weight excluding hydrogens is 306 g/mol. The number of hydrogen-bond acceptors (Lipinski definition) is 5. The highest BCUT2D eigenvalue weighted by molar-refractivity contribution is 6.00. The minimum atomic E-state index is -0.907. The van der Waals surface area contributed by atoms with E-state index in [1.54, 1.807) is 36.4 Å². The van der Waals surface area contributed by atoms with Gasteiger partial charge in [-0.05, 0) is 26.0 Å². The second-order valence-corrected chi connectivity index (χ2v) is 5.26. The number of benzene rings is 2. The van der Waals surface area contributed by atoms with Crippen molar-refractivity contribution in [2.24, 2.45) is 0 Å². The zero-order chi connectivity index (χ0) is 17.5. The topological polar surface area (TPSA) is 76.4 Å². The average molecular weight is 323 g/mol. The van der Waals surface area contributed by atoms with Crippen LogP contribution in [0.3, 0.4) is 0 Å². The highest BCUT2D eigenvalue weighted by Crippen LogP contribution is 2.16. The lowest BCUT2D eigenvalue weighted by molar-refractivity contribution is -0.148. The Kier molecular flexibility index (Phi) is 5.69. The molecule has 2 aromatic carbocycles. The van der Waals surface area contributed by atoms with E-state index in [-0.39, 0.29) is 12.4 Å². The van der Waals surface area contributed by atoms with Gasteiger partial charge in [-0.15, -0.1) is 0 Å². The standard InChI is InChI=1S/C19H17NO4/c1-13-7-9-15(10-8-13)19(22)14(2)24-18(21)12-23-17-6-4-3-5-16(17)11-20/h3-10,14H,12H2,1-2H3/t14-/m1/s1. The van der Waals surface area contributed by atoms with E-state index < -0.39 is 12.1 Å². The number of rotatable bonds is 6. The lowest BCUT2D eigenvalue weighted by atomic mass is 10.1. The van der Waals surface area contributed by atoms with Crippen LogP contribution in [0.2, 0.25) is 0 Å². The molecule has 0 radical (unpaired) electrons. The van der Waals surface area contributed by atoms with Crippen LogP contribution in [0.4, 0.5) is 0 Å². The van der Waals surface area contributed by atoms with Crippen LogP contribution in [0.5, 0.6) is 5.75 Å². The van der Waals surface area contributed by atoms with Gasteiger partial charge in [0.25, 0.3) is 0 Å². The van der Waals surface area contributed by atoms with Crippen molar-refractivity contribution in [1.82, 2.24) is 0 Å². The Morgan fingerprint density at radius 1 is 1.12 bits per heavy atom. The first kappa shape index (κ1) is 17.2. The summed E-state index contributed by atoms with van der Waals surface area (Å²) in [6, 6.07) is 15.6. The molecule has 0 amide bonds. The quantitative estimate of drug-likeness (QED) is 0.603. The summed E-state index contributed by atoms with van der Waals surface area (Å²) in [5.41, 5.74) is 1.85. The lowest BCUT2D eigenvalue weighted by Gasteiger charge is -2.13. The molecule has 0 aliphatic heterocycles. The zero-order valence-corrected chi connectivity index (χ0v) is 13.5. The van der Waals surface area contributed by atoms with Crippen molar-refractivity contribution in [2.75, 3.05) is 6.61 Å². The third-order valence-electron chi connectivity index (χ3n) is 3.37. The second kappa shape index (κ2) is 7.93. The van der Waals surface area contributed by atoms with E-state index in [0.29, 0.717) is 16.9 Å². The van der Waals surface area contributed by atoms with Crippen LogP contribution < -0.4 is 4.74 Å². The summed E-state index contributed by atoms with van der Waals surface area (Å²) >= 11 is 0. The molecule has 0 bridgehead atoms. The third kappa shape index (κ3) is 4.43. The average Bonchev–Trinajstić information content (AvgIpc) is 2.60. The number of ketones is 1. The molecule has 0 unspecified atom stereocenters. The number of carbonyl (C=O) groups is 2. The first-order valence-corrected chi connectivity index (χ1v) is 7.43. The molecule has 0 heterocycles. The Morgan fingerprint density at radius 2 is 1.79 bits per heavy atom. The maximum absolute atomic E-state index is 12.2. The van der Waals surface area contributed by atoms with Crippen molar-refractivity contribution in [1.29, 1.82) is 5.26 Å². The molecule has 24 heavy (non-hydrogen) atoms. The molecule has 5 heteroatoms. The van der Waals surface area contributed by atoms with Crippen LogP contribution in [-0.4, -0.2) is 24.5 Å². The summed E-state index contributed by atoms with van der Waals surface area (Å²) in [7, 11) is 0. The number of aryl methyl sites for hydroxylation is 1. The van der Waals surface area contributed by atoms with Gasteiger partial charge in [-0.25, -0.2) is 4.79 Å². The van der Waals surface area contributed by atoms with Gasteiger partial charge in [0.2, 0.25) is 5.78 Å². The van der Waals surface area contributed by atoms with E-state index in [1.165, 1.54) is 6.92 Å². The molecule has 0 aliphatic carbocycles. The van der Waals surface area contributed by atoms with E-state index in [9.17, 15) is 9.59 Å². The number of ether oxygens (including phenoxy) is 2. The first-order valence-electron chi connectivity index (χ1n) is 7.43. The Morgan fingerprint density at radius 3 is 2.46 bits per heavy atom. The number of Topliss-reactive ketones (excluding diaryl/α,β-unsaturated/α-hetero) is 1. The summed E-state index contributed by atoms with van der Waals surface area (Å²) in [6.45, 7) is 3.07. The second-order valence-electron chi connectivity index (χ2n) is 5.26. The number of esters is 1. The van der Waals surface area contributed by atoms with Crippen molar-refractivity contribution in [3.05, 3.63) is 65.2 Å². The van der Waals surface area contributed by atoms with Crippen LogP contribution in [-0.2, 0) is 9.53 Å². The van der Waals surface area contributed by atoms with Crippen LogP contribution in [0.1, 0.15) is 28.4 Å². The van der Waals surface area contributed by atoms with Crippen LogP contribution in [0.25, 0.3) is 0 Å². The maximum Gasteiger partial charge on any atom is 0.344 e. The number of carbonyl (C=O) groups excluding carboxylic acids is 2. The molecular formula is C19H17NO4. The summed E-state index contributed by atoms with van der Waals surface area (Å²) in [5, 5.41) is 8.96. The Hall–Kier alpha value is -3.13. The van der Waals surface area contributed by atoms with Crippen LogP contribution in [0.15, 0.2) is 48.5 Å². The van der Waals surface area contributed by atoms with Gasteiger partial charge in [-0.1, -0.05) is 42.0 Å². The van der Waals surface area contributed by atoms with E-state index in [2.05, 4.69) is 0 Å². The SMILES string of the molecule is Cc1ccc(C(=O)[C@@H](C)OC(=O)COc2ccccc2C#N)cc1. The van der Waals surface area contributed by atoms with Gasteiger partial charge < -0.3 is 9.47 Å². The van der Waals surface area contributed by atoms with Crippen molar-refractivity contribution in [2.45, 2.75) is 20.0 Å². The third-order valence-corrected chi connectivity index (χ3v) is 3.37. The number of hydrogen-bond donors (Lipinski definition) is 0. The van der Waals surface area contributed by atoms with Gasteiger partial charge in [0.1, 0.15) is 11.8 Å². The fourth-order valence-corrected chi connectivity index (χ4v) is 2.06. The van der Waals surface area contributed by atoms with Gasteiger partial charge in [0, 0.05) is 5.56 Å². The van der Waals surface area contributed by atoms with E-state index >= 15 is 0 Å². The molecule has 2 aromatic rings. The molecule has 2 rings (SSSR count). The fraction of sp³-hybridized carbons (Fsp3) is 0.211. The monoisotopic (exact) mass is 323 g/mol. The van der Waals surface area contributed by atoms with Gasteiger partial charge in [0.15, 0.2) is 12.7 Å². The highest BCUT2D eigenvalue weighted by Gasteiger charge is 2.20. The van der Waals surface area contributed by atoms with Gasteiger partial charge in [-0.2, -0.15) is 5.26 Å². The molecule has 122 valence electrons. The Balaban J connectivity index is 1.91. The summed E-state index contributed by atoms with van der Waals surface area (Å²) < 4.78 is 10.4. The molecule has 0 aromatic heterocycles. The van der Waals surface area contributed by atoms with Crippen molar-refractivity contribution >= 4 is 11.8 Å². The molecule has 5 nitrogen and oxygen atoms in total. The highest BCUT2D eigenvalue weighted by atomic mass is 16.6. The Labute approximate surface area is 140 Å². The minimum absolute atomic E-state index is 0.277. The minimum Gasteiger partial charge on any atom is -0.481 e. The van der Waals surface area contributed by atoms with Crippen molar-refractivity contribution in [3.8, 4) is 11.8 Å². The zero-order valence-electron chi connectivity index (χ0n) is 13.5. The molecule has 0 aliphatic rings. The number of nitriles is 1. The van der Waals surface area contributed by atoms with E-state index in [0.717, 1.165) is 5.56 Å². The Bertz CT molecular complexity index is 775. The first-order chi connectivity index (χ1) is 11.5. The molecule has 0 saturated carbocycles. The summed E-state index contributed by atoms with van der Waals surface area (Å²) in [5.74, 6) is -0.647. The van der Waals surface area contributed by atoms with Crippen molar-refractivity contribution in [3.63, 3.8) is 0 Å². The molecule has 0 N–H and O–H groups in total. The molecule has 0 saturated heterocycles. The predicted octanol–water partition coefficient (Wildman–Crippen LogP) is 3.06. The summed E-state index contributed by atoms with van der Waals surface area (Å²) in [6.07, 6.45) is -0.907. The smallest absolute Gasteiger partial charge is 0.344 e. The molecule has 1 atom stereocenters. The van der Waals surface area contributed by atoms with E-state index in [4.69, 9.17) is 14.7 Å². The largest absolute Gasteiger partial charge is 0.481 e. The normalized spacial score (nSPS) is 11.2. The fourth-order valence-electron chi connectivity index (χ4n) is 2.06. The van der Waals surface area contributed by atoms with Crippen molar-refractivity contribution < 1.29 is 19.1 Å². The summed E-state index contributed by atoms with van der Waals surface area (Å²) in [4.78, 5) is 24.0. The van der Waals surface area contributed by atoms with Gasteiger partial charge in [0.05, 0.1) is 5.56 Å². The maximum atomic E-state index is 12.2. The lowest BCUT2D eigenvalue weighted by Crippen LogP contribution is -2.27. The van der Waals surface area contributed by atoms with Crippen LogP contribution >= 0.6 is 0 Å². The van der Waals surface area contributed by atoms with Crippen LogP contribution in [0, 0.1) is 18.3 Å². The molecule has 0 spiro atoms. The molecule has 0 fully saturated rings.